The Kier molecular flexibility index (Phi) is 1.65. The molecule has 0 aromatic heterocycles. The van der Waals surface area contributed by atoms with E-state index in [1.54, 1.807) is 38.5 Å². The smallest absolute Gasteiger partial charge is 0.0101 e. The fourth-order valence-electron chi connectivity index (χ4n) is 8.02. The van der Waals surface area contributed by atoms with Crippen LogP contribution in [0.3, 0.4) is 0 Å². The zero-order chi connectivity index (χ0) is 12.4. The first-order valence-electron chi connectivity index (χ1n) is 9.06. The van der Waals surface area contributed by atoms with Crippen LogP contribution in [0, 0.1) is 46.8 Å². The Morgan fingerprint density at radius 1 is 1.21 bits per heavy atom. The molecular formula is C19H26. The van der Waals surface area contributed by atoms with Gasteiger partial charge in [0, 0.05) is 0 Å². The maximum Gasteiger partial charge on any atom is -0.0101 e. The van der Waals surface area contributed by atoms with E-state index in [9.17, 15) is 0 Å². The summed E-state index contributed by atoms with van der Waals surface area (Å²) in [5.74, 6) is 7.94. The Morgan fingerprint density at radius 2 is 2.16 bits per heavy atom. The lowest BCUT2D eigenvalue weighted by atomic mass is 9.38. The summed E-state index contributed by atoms with van der Waals surface area (Å²) in [5, 5.41) is 0. The lowest BCUT2D eigenvalue weighted by Crippen LogP contribution is -2.59. The van der Waals surface area contributed by atoms with Crippen molar-refractivity contribution in [1.82, 2.24) is 0 Å². The lowest BCUT2D eigenvalue weighted by molar-refractivity contribution is -0.109. The van der Waals surface area contributed by atoms with Crippen molar-refractivity contribution in [3.8, 4) is 0 Å². The van der Waals surface area contributed by atoms with Crippen LogP contribution in [-0.4, -0.2) is 0 Å². The van der Waals surface area contributed by atoms with Crippen molar-refractivity contribution in [3.63, 3.8) is 0 Å². The summed E-state index contributed by atoms with van der Waals surface area (Å²) < 4.78 is 0. The van der Waals surface area contributed by atoms with Crippen LogP contribution >= 0.6 is 0 Å². The second-order valence-corrected chi connectivity index (χ2v) is 8.93. The molecule has 19 heavy (non-hydrogen) atoms. The summed E-state index contributed by atoms with van der Waals surface area (Å²) in [6, 6.07) is 0. The molecule has 6 aliphatic carbocycles. The standard InChI is InChI=1S/C19H26/c1-2-3-10-6-11(10)7-14-13-4-5-19-9-12-8-15(14)16(17(12)19)18(13)19/h10-14,17-18H,2-9H2,1H3. The molecule has 0 aliphatic heterocycles. The maximum absolute atomic E-state index is 2.37. The highest BCUT2D eigenvalue weighted by atomic mass is 14.8. The first kappa shape index (κ1) is 10.5. The van der Waals surface area contributed by atoms with Crippen LogP contribution in [-0.2, 0) is 0 Å². The SMILES string of the molecule is CCCC1CC1CC1C2=C3C4C(C2)CC42CCC1C32. The van der Waals surface area contributed by atoms with E-state index in [0.717, 1.165) is 46.8 Å². The second-order valence-electron chi connectivity index (χ2n) is 8.93. The average Bonchev–Trinajstić information content (AvgIpc) is 2.81. The molecule has 0 amide bonds. The monoisotopic (exact) mass is 254 g/mol. The van der Waals surface area contributed by atoms with Crippen molar-refractivity contribution >= 4 is 0 Å². The van der Waals surface area contributed by atoms with Gasteiger partial charge in [0.1, 0.15) is 0 Å². The largest absolute Gasteiger partial charge is 0.0667 e. The highest BCUT2D eigenvalue weighted by Gasteiger charge is 2.78. The highest BCUT2D eigenvalue weighted by Crippen LogP contribution is 2.86. The van der Waals surface area contributed by atoms with Gasteiger partial charge in [-0.15, -0.1) is 0 Å². The molecule has 0 aromatic carbocycles. The predicted octanol–water partition coefficient (Wildman–Crippen LogP) is 4.81. The van der Waals surface area contributed by atoms with E-state index < -0.39 is 0 Å². The fourth-order valence-corrected chi connectivity index (χ4v) is 8.02. The molecule has 0 N–H and O–H groups in total. The minimum absolute atomic E-state index is 0.910. The van der Waals surface area contributed by atoms with E-state index in [2.05, 4.69) is 18.1 Å². The van der Waals surface area contributed by atoms with Gasteiger partial charge in [0.05, 0.1) is 0 Å². The Hall–Kier alpha value is -0.260. The van der Waals surface area contributed by atoms with Gasteiger partial charge in [-0.2, -0.15) is 0 Å². The molecule has 0 bridgehead atoms. The van der Waals surface area contributed by atoms with Gasteiger partial charge in [0.25, 0.3) is 0 Å². The van der Waals surface area contributed by atoms with Gasteiger partial charge >= 0.3 is 0 Å². The molecule has 0 radical (unpaired) electrons. The molecule has 6 aliphatic rings. The molecule has 0 saturated heterocycles. The zero-order valence-corrected chi connectivity index (χ0v) is 12.2. The Bertz CT molecular complexity index is 500. The lowest BCUT2D eigenvalue weighted by Gasteiger charge is -2.65. The summed E-state index contributed by atoms with van der Waals surface area (Å²) >= 11 is 0. The zero-order valence-electron chi connectivity index (χ0n) is 12.2. The van der Waals surface area contributed by atoms with Crippen molar-refractivity contribution in [1.29, 1.82) is 0 Å². The number of rotatable bonds is 4. The molecule has 6 rings (SSSR count). The summed E-state index contributed by atoms with van der Waals surface area (Å²) in [6.07, 6.45) is 12.6. The van der Waals surface area contributed by atoms with E-state index in [1.807, 2.05) is 0 Å². The minimum atomic E-state index is 0.910. The van der Waals surface area contributed by atoms with Gasteiger partial charge in [-0.1, -0.05) is 30.9 Å². The molecule has 8 atom stereocenters. The van der Waals surface area contributed by atoms with Crippen LogP contribution in [0.4, 0.5) is 0 Å². The van der Waals surface area contributed by atoms with Crippen molar-refractivity contribution in [2.24, 2.45) is 46.8 Å². The molecule has 4 fully saturated rings. The van der Waals surface area contributed by atoms with Crippen LogP contribution < -0.4 is 0 Å². The van der Waals surface area contributed by atoms with Crippen LogP contribution in [0.2, 0.25) is 0 Å². The maximum atomic E-state index is 2.37. The third-order valence-electron chi connectivity index (χ3n) is 8.50. The first-order valence-corrected chi connectivity index (χ1v) is 9.06. The van der Waals surface area contributed by atoms with Crippen molar-refractivity contribution in [3.05, 3.63) is 11.1 Å². The van der Waals surface area contributed by atoms with Crippen molar-refractivity contribution < 1.29 is 0 Å². The number of allylic oxidation sites excluding steroid dienone is 2. The van der Waals surface area contributed by atoms with Gasteiger partial charge in [0.15, 0.2) is 0 Å². The van der Waals surface area contributed by atoms with Crippen LogP contribution in [0.5, 0.6) is 0 Å². The van der Waals surface area contributed by atoms with E-state index in [1.165, 1.54) is 12.8 Å². The molecule has 0 heterocycles. The molecule has 0 heteroatoms. The average molecular weight is 254 g/mol. The quantitative estimate of drug-likeness (QED) is 0.632. The van der Waals surface area contributed by atoms with Gasteiger partial charge in [-0.3, -0.25) is 0 Å². The van der Waals surface area contributed by atoms with E-state index in [-0.39, 0.29) is 0 Å². The second kappa shape index (κ2) is 3.00. The molecule has 8 unspecified atom stereocenters. The highest BCUT2D eigenvalue weighted by molar-refractivity contribution is 5.52. The van der Waals surface area contributed by atoms with Gasteiger partial charge in [0.2, 0.25) is 0 Å². The Morgan fingerprint density at radius 3 is 3.05 bits per heavy atom. The minimum Gasteiger partial charge on any atom is -0.0667 e. The van der Waals surface area contributed by atoms with Crippen molar-refractivity contribution in [2.45, 2.75) is 58.3 Å². The third-order valence-corrected chi connectivity index (χ3v) is 8.50. The van der Waals surface area contributed by atoms with E-state index in [4.69, 9.17) is 0 Å². The predicted molar refractivity (Wildman–Crippen MR) is 76.5 cm³/mol. The Labute approximate surface area is 117 Å². The molecule has 102 valence electrons. The van der Waals surface area contributed by atoms with Crippen LogP contribution in [0.25, 0.3) is 0 Å². The van der Waals surface area contributed by atoms with Gasteiger partial charge < -0.3 is 0 Å². The van der Waals surface area contributed by atoms with E-state index >= 15 is 0 Å². The molecular weight excluding hydrogens is 228 g/mol. The summed E-state index contributed by atoms with van der Waals surface area (Å²) in [4.78, 5) is 0. The topological polar surface area (TPSA) is 0 Å². The molecule has 0 aromatic rings. The Balaban J connectivity index is 1.29. The van der Waals surface area contributed by atoms with Crippen LogP contribution in [0.15, 0.2) is 11.1 Å². The molecule has 4 saturated carbocycles. The summed E-state index contributed by atoms with van der Waals surface area (Å²) in [5.41, 5.74) is 5.05. The molecule has 0 nitrogen and oxygen atoms in total. The van der Waals surface area contributed by atoms with Gasteiger partial charge in [-0.05, 0) is 85.4 Å². The fraction of sp³-hybridized carbons (Fsp3) is 0.895. The summed E-state index contributed by atoms with van der Waals surface area (Å²) in [6.45, 7) is 2.37. The van der Waals surface area contributed by atoms with Crippen molar-refractivity contribution in [2.75, 3.05) is 0 Å². The first-order chi connectivity index (χ1) is 9.33. The number of hydrogen-bond acceptors (Lipinski definition) is 0. The van der Waals surface area contributed by atoms with Gasteiger partial charge in [-0.25, -0.2) is 0 Å². The normalized spacial score (nSPS) is 62.1. The van der Waals surface area contributed by atoms with E-state index in [0.29, 0.717) is 0 Å². The molecule has 1 spiro atoms. The summed E-state index contributed by atoms with van der Waals surface area (Å²) in [7, 11) is 0. The number of hydrogen-bond donors (Lipinski definition) is 0. The third kappa shape index (κ3) is 0.958. The van der Waals surface area contributed by atoms with Crippen LogP contribution in [0.1, 0.15) is 58.3 Å².